The highest BCUT2D eigenvalue weighted by molar-refractivity contribution is 5.47. The van der Waals surface area contributed by atoms with Crippen LogP contribution in [0.25, 0.3) is 0 Å². The molecule has 1 aliphatic heterocycles. The number of piperazine rings is 1. The summed E-state index contributed by atoms with van der Waals surface area (Å²) in [5.74, 6) is 1.70. The summed E-state index contributed by atoms with van der Waals surface area (Å²) < 4.78 is 0. The van der Waals surface area contributed by atoms with Crippen molar-refractivity contribution >= 4 is 5.82 Å². The van der Waals surface area contributed by atoms with Gasteiger partial charge in [0.15, 0.2) is 0 Å². The Hall–Kier alpha value is -1.24. The zero-order valence-corrected chi connectivity index (χ0v) is 14.5. The van der Waals surface area contributed by atoms with E-state index in [0.29, 0.717) is 6.54 Å². The van der Waals surface area contributed by atoms with E-state index in [2.05, 4.69) is 26.8 Å². The summed E-state index contributed by atoms with van der Waals surface area (Å²) in [6.07, 6.45) is -0.372. The molecule has 1 aliphatic rings. The van der Waals surface area contributed by atoms with E-state index in [1.807, 2.05) is 32.7 Å². The maximum atomic E-state index is 10.4. The van der Waals surface area contributed by atoms with Crippen molar-refractivity contribution in [3.63, 3.8) is 0 Å². The SMILES string of the molecule is Cc1nc(C)c(C)c(N(C)C[C@H](O)CN2CCN(C)CC2)n1. The molecule has 1 N–H and O–H groups in total. The van der Waals surface area contributed by atoms with Crippen molar-refractivity contribution in [3.8, 4) is 0 Å². The van der Waals surface area contributed by atoms with Crippen LogP contribution in [0.15, 0.2) is 0 Å². The number of likely N-dealkylation sites (N-methyl/N-ethyl adjacent to an activating group) is 2. The van der Waals surface area contributed by atoms with Crippen LogP contribution >= 0.6 is 0 Å². The largest absolute Gasteiger partial charge is 0.390 e. The van der Waals surface area contributed by atoms with Crippen LogP contribution < -0.4 is 4.90 Å². The topological polar surface area (TPSA) is 55.7 Å². The molecule has 1 fully saturated rings. The number of aliphatic hydroxyl groups excluding tert-OH is 1. The average Bonchev–Trinajstić information content (AvgIpc) is 2.45. The third-order valence-corrected chi connectivity index (χ3v) is 4.39. The van der Waals surface area contributed by atoms with Crippen molar-refractivity contribution in [1.82, 2.24) is 19.8 Å². The molecule has 0 amide bonds. The smallest absolute Gasteiger partial charge is 0.135 e. The van der Waals surface area contributed by atoms with Gasteiger partial charge in [-0.05, 0) is 27.8 Å². The summed E-state index contributed by atoms with van der Waals surface area (Å²) >= 11 is 0. The van der Waals surface area contributed by atoms with Gasteiger partial charge in [0.25, 0.3) is 0 Å². The van der Waals surface area contributed by atoms with E-state index >= 15 is 0 Å². The van der Waals surface area contributed by atoms with Crippen LogP contribution in [-0.4, -0.2) is 84.3 Å². The maximum Gasteiger partial charge on any atom is 0.135 e. The second kappa shape index (κ2) is 7.35. The van der Waals surface area contributed by atoms with Crippen LogP contribution in [0.2, 0.25) is 0 Å². The Morgan fingerprint density at radius 1 is 1.14 bits per heavy atom. The van der Waals surface area contributed by atoms with Crippen LogP contribution in [-0.2, 0) is 0 Å². The second-order valence-electron chi connectivity index (χ2n) is 6.44. The van der Waals surface area contributed by atoms with Crippen LogP contribution in [0.1, 0.15) is 17.1 Å². The molecule has 22 heavy (non-hydrogen) atoms. The van der Waals surface area contributed by atoms with Gasteiger partial charge in [0.1, 0.15) is 11.6 Å². The van der Waals surface area contributed by atoms with E-state index in [9.17, 15) is 5.11 Å². The van der Waals surface area contributed by atoms with Crippen LogP contribution in [0.4, 0.5) is 5.82 Å². The molecule has 2 heterocycles. The van der Waals surface area contributed by atoms with E-state index in [4.69, 9.17) is 0 Å². The normalized spacial score (nSPS) is 18.5. The Kier molecular flexibility index (Phi) is 5.72. The number of aromatic nitrogens is 2. The van der Waals surface area contributed by atoms with Crippen molar-refractivity contribution < 1.29 is 5.11 Å². The molecular formula is C16H29N5O. The third-order valence-electron chi connectivity index (χ3n) is 4.39. The highest BCUT2D eigenvalue weighted by Crippen LogP contribution is 2.18. The van der Waals surface area contributed by atoms with Gasteiger partial charge in [-0.3, -0.25) is 4.90 Å². The Morgan fingerprint density at radius 2 is 1.77 bits per heavy atom. The molecule has 1 atom stereocenters. The van der Waals surface area contributed by atoms with E-state index in [1.54, 1.807) is 0 Å². The number of hydrogen-bond donors (Lipinski definition) is 1. The number of nitrogens with zero attached hydrogens (tertiary/aromatic N) is 5. The van der Waals surface area contributed by atoms with Gasteiger partial charge in [-0.2, -0.15) is 0 Å². The molecular weight excluding hydrogens is 278 g/mol. The van der Waals surface area contributed by atoms with E-state index in [0.717, 1.165) is 55.6 Å². The summed E-state index contributed by atoms with van der Waals surface area (Å²) in [7, 11) is 4.13. The molecule has 0 bridgehead atoms. The van der Waals surface area contributed by atoms with Crippen LogP contribution in [0.3, 0.4) is 0 Å². The lowest BCUT2D eigenvalue weighted by atomic mass is 10.2. The number of aliphatic hydroxyl groups is 1. The Morgan fingerprint density at radius 3 is 2.41 bits per heavy atom. The fraction of sp³-hybridized carbons (Fsp3) is 0.750. The Labute approximate surface area is 133 Å². The van der Waals surface area contributed by atoms with Crippen molar-refractivity contribution in [3.05, 3.63) is 17.1 Å². The van der Waals surface area contributed by atoms with Gasteiger partial charge in [-0.25, -0.2) is 9.97 Å². The van der Waals surface area contributed by atoms with Gasteiger partial charge in [0.05, 0.1) is 6.10 Å². The van der Waals surface area contributed by atoms with Crippen molar-refractivity contribution in [2.24, 2.45) is 0 Å². The van der Waals surface area contributed by atoms with Crippen molar-refractivity contribution in [1.29, 1.82) is 0 Å². The lowest BCUT2D eigenvalue weighted by molar-refractivity contribution is 0.0842. The van der Waals surface area contributed by atoms with Gasteiger partial charge >= 0.3 is 0 Å². The molecule has 124 valence electrons. The Balaban J connectivity index is 1.92. The molecule has 0 saturated carbocycles. The molecule has 0 aromatic carbocycles. The first-order chi connectivity index (χ1) is 10.4. The van der Waals surface area contributed by atoms with Gasteiger partial charge in [0.2, 0.25) is 0 Å². The second-order valence-corrected chi connectivity index (χ2v) is 6.44. The van der Waals surface area contributed by atoms with Gasteiger partial charge in [0, 0.05) is 57.6 Å². The molecule has 0 unspecified atom stereocenters. The third kappa shape index (κ3) is 4.38. The molecule has 0 spiro atoms. The molecule has 6 nitrogen and oxygen atoms in total. The number of β-amino-alcohol motifs (C(OH)–C–C–N with tert-alkyl or cyclic N) is 1. The standard InChI is InChI=1S/C16H29N5O/c1-12-13(2)17-14(3)18-16(12)20(5)10-15(22)11-21-8-6-19(4)7-9-21/h15,22H,6-11H2,1-5H3/t15-/m0/s1. The van der Waals surface area contributed by atoms with Gasteiger partial charge in [-0.1, -0.05) is 0 Å². The average molecular weight is 307 g/mol. The Bertz CT molecular complexity index is 500. The summed E-state index contributed by atoms with van der Waals surface area (Å²) in [5.41, 5.74) is 2.09. The summed E-state index contributed by atoms with van der Waals surface area (Å²) in [6.45, 7) is 11.5. The molecule has 6 heteroatoms. The van der Waals surface area contributed by atoms with E-state index in [1.165, 1.54) is 0 Å². The highest BCUT2D eigenvalue weighted by atomic mass is 16.3. The monoisotopic (exact) mass is 307 g/mol. The van der Waals surface area contributed by atoms with Crippen molar-refractivity contribution in [2.45, 2.75) is 26.9 Å². The van der Waals surface area contributed by atoms with E-state index in [-0.39, 0.29) is 6.10 Å². The first-order valence-corrected chi connectivity index (χ1v) is 7.98. The first-order valence-electron chi connectivity index (χ1n) is 7.98. The van der Waals surface area contributed by atoms with Gasteiger partial charge < -0.3 is 14.9 Å². The minimum atomic E-state index is -0.372. The molecule has 1 aromatic rings. The van der Waals surface area contributed by atoms with Gasteiger partial charge in [-0.15, -0.1) is 0 Å². The van der Waals surface area contributed by atoms with E-state index < -0.39 is 0 Å². The summed E-state index contributed by atoms with van der Waals surface area (Å²) in [6, 6.07) is 0. The lowest BCUT2D eigenvalue weighted by Crippen LogP contribution is -2.48. The lowest BCUT2D eigenvalue weighted by Gasteiger charge is -2.34. The fourth-order valence-electron chi connectivity index (χ4n) is 2.91. The molecule has 0 aliphatic carbocycles. The predicted molar refractivity (Wildman–Crippen MR) is 89.5 cm³/mol. The van der Waals surface area contributed by atoms with Crippen molar-refractivity contribution in [2.75, 3.05) is 58.3 Å². The molecule has 0 radical (unpaired) electrons. The fourth-order valence-corrected chi connectivity index (χ4v) is 2.91. The molecule has 1 aromatic heterocycles. The minimum absolute atomic E-state index is 0.372. The maximum absolute atomic E-state index is 10.4. The summed E-state index contributed by atoms with van der Waals surface area (Å²) in [5, 5.41) is 10.4. The highest BCUT2D eigenvalue weighted by Gasteiger charge is 2.19. The number of aryl methyl sites for hydroxylation is 2. The number of rotatable bonds is 5. The predicted octanol–water partition coefficient (Wildman–Crippen LogP) is 0.446. The quantitative estimate of drug-likeness (QED) is 0.852. The van der Waals surface area contributed by atoms with Crippen LogP contribution in [0.5, 0.6) is 0 Å². The minimum Gasteiger partial charge on any atom is -0.390 e. The zero-order chi connectivity index (χ0) is 16.3. The van der Waals surface area contributed by atoms with Crippen LogP contribution in [0, 0.1) is 20.8 Å². The number of anilines is 1. The molecule has 2 rings (SSSR count). The molecule has 1 saturated heterocycles. The summed E-state index contributed by atoms with van der Waals surface area (Å²) in [4.78, 5) is 15.6. The zero-order valence-electron chi connectivity index (χ0n) is 14.5. The first kappa shape index (κ1) is 17.1. The number of hydrogen-bond acceptors (Lipinski definition) is 6.